The summed E-state index contributed by atoms with van der Waals surface area (Å²) >= 11 is 3.61. The molecular weight excluding hydrogens is 312 g/mol. The fourth-order valence-corrected chi connectivity index (χ4v) is 3.51. The van der Waals surface area contributed by atoms with Crippen molar-refractivity contribution in [2.75, 3.05) is 6.54 Å². The molecule has 2 aromatic rings. The predicted molar refractivity (Wildman–Crippen MR) is 85.4 cm³/mol. The van der Waals surface area contributed by atoms with Crippen LogP contribution in [-0.2, 0) is 6.54 Å². The predicted octanol–water partition coefficient (Wildman–Crippen LogP) is 4.57. The van der Waals surface area contributed by atoms with E-state index in [1.54, 1.807) is 0 Å². The number of hydrogen-bond donors (Lipinski definition) is 0. The van der Waals surface area contributed by atoms with Crippen molar-refractivity contribution in [2.24, 2.45) is 0 Å². The number of benzene rings is 1. The molecule has 2 heterocycles. The molecule has 0 N–H and O–H groups in total. The van der Waals surface area contributed by atoms with Crippen LogP contribution in [0.4, 0.5) is 0 Å². The first-order valence-corrected chi connectivity index (χ1v) is 8.02. The first-order chi connectivity index (χ1) is 9.84. The molecule has 0 amide bonds. The normalized spacial score (nSPS) is 19.9. The average molecular weight is 331 g/mol. The van der Waals surface area contributed by atoms with Crippen molar-refractivity contribution in [1.82, 2.24) is 9.88 Å². The van der Waals surface area contributed by atoms with Gasteiger partial charge in [-0.2, -0.15) is 0 Å². The van der Waals surface area contributed by atoms with Crippen molar-refractivity contribution in [2.45, 2.75) is 31.8 Å². The summed E-state index contributed by atoms with van der Waals surface area (Å²) in [6, 6.07) is 15.5. The summed E-state index contributed by atoms with van der Waals surface area (Å²) in [6.07, 6.45) is 5.66. The van der Waals surface area contributed by atoms with Gasteiger partial charge in [0.1, 0.15) is 4.60 Å². The minimum atomic E-state index is 0.479. The number of rotatable bonds is 3. The topological polar surface area (TPSA) is 16.1 Å². The van der Waals surface area contributed by atoms with Crippen LogP contribution in [0.3, 0.4) is 0 Å². The zero-order chi connectivity index (χ0) is 13.8. The number of pyridine rings is 1. The molecule has 20 heavy (non-hydrogen) atoms. The number of aromatic nitrogens is 1. The highest BCUT2D eigenvalue weighted by Gasteiger charge is 2.25. The Kier molecular flexibility index (Phi) is 4.48. The lowest BCUT2D eigenvalue weighted by Crippen LogP contribution is -2.33. The Morgan fingerprint density at radius 3 is 2.75 bits per heavy atom. The molecule has 104 valence electrons. The zero-order valence-electron chi connectivity index (χ0n) is 11.5. The standard InChI is InChI=1S/C17H19BrN2/c18-17-15(9-6-11-19-17)16-10-4-5-12-20(16)13-14-7-2-1-3-8-14/h1-3,6-9,11,16H,4-5,10,12-13H2/t16-/m1/s1. The molecule has 3 heteroatoms. The molecular formula is C17H19BrN2. The molecule has 0 spiro atoms. The van der Waals surface area contributed by atoms with E-state index in [4.69, 9.17) is 0 Å². The Labute approximate surface area is 129 Å². The van der Waals surface area contributed by atoms with Gasteiger partial charge in [-0.25, -0.2) is 4.98 Å². The van der Waals surface area contributed by atoms with Gasteiger partial charge in [0, 0.05) is 24.3 Å². The minimum absolute atomic E-state index is 0.479. The molecule has 0 aliphatic carbocycles. The van der Waals surface area contributed by atoms with Crippen LogP contribution >= 0.6 is 15.9 Å². The van der Waals surface area contributed by atoms with Gasteiger partial charge < -0.3 is 0 Å². The molecule has 1 atom stereocenters. The van der Waals surface area contributed by atoms with Crippen molar-refractivity contribution in [3.63, 3.8) is 0 Å². The summed E-state index contributed by atoms with van der Waals surface area (Å²) in [5.74, 6) is 0. The molecule has 0 bridgehead atoms. The Morgan fingerprint density at radius 2 is 1.95 bits per heavy atom. The van der Waals surface area contributed by atoms with Crippen LogP contribution in [0.1, 0.15) is 36.4 Å². The van der Waals surface area contributed by atoms with Crippen molar-refractivity contribution in [1.29, 1.82) is 0 Å². The van der Waals surface area contributed by atoms with Crippen molar-refractivity contribution < 1.29 is 0 Å². The molecule has 1 saturated heterocycles. The number of likely N-dealkylation sites (tertiary alicyclic amines) is 1. The lowest BCUT2D eigenvalue weighted by atomic mass is 9.96. The molecule has 0 saturated carbocycles. The zero-order valence-corrected chi connectivity index (χ0v) is 13.1. The second kappa shape index (κ2) is 6.51. The van der Waals surface area contributed by atoms with E-state index in [1.165, 1.54) is 36.9 Å². The van der Waals surface area contributed by atoms with Gasteiger partial charge in [-0.3, -0.25) is 4.90 Å². The molecule has 1 fully saturated rings. The lowest BCUT2D eigenvalue weighted by Gasteiger charge is -2.36. The maximum Gasteiger partial charge on any atom is 0.110 e. The van der Waals surface area contributed by atoms with E-state index in [2.05, 4.69) is 62.2 Å². The van der Waals surface area contributed by atoms with E-state index in [0.717, 1.165) is 11.1 Å². The monoisotopic (exact) mass is 330 g/mol. The SMILES string of the molecule is Brc1ncccc1[C@H]1CCCCN1Cc1ccccc1. The molecule has 1 aliphatic rings. The third-order valence-electron chi connectivity index (χ3n) is 3.99. The molecule has 1 aromatic heterocycles. The highest BCUT2D eigenvalue weighted by Crippen LogP contribution is 2.34. The first-order valence-electron chi connectivity index (χ1n) is 7.23. The van der Waals surface area contributed by atoms with Crippen LogP contribution in [0.5, 0.6) is 0 Å². The largest absolute Gasteiger partial charge is 0.292 e. The molecule has 2 nitrogen and oxygen atoms in total. The fraction of sp³-hybridized carbons (Fsp3) is 0.353. The van der Waals surface area contributed by atoms with Crippen LogP contribution in [0, 0.1) is 0 Å². The van der Waals surface area contributed by atoms with E-state index < -0.39 is 0 Å². The quantitative estimate of drug-likeness (QED) is 0.766. The third kappa shape index (κ3) is 3.10. The van der Waals surface area contributed by atoms with Gasteiger partial charge >= 0.3 is 0 Å². The van der Waals surface area contributed by atoms with Crippen molar-refractivity contribution in [3.8, 4) is 0 Å². The molecule has 0 unspecified atom stereocenters. The van der Waals surface area contributed by atoms with E-state index in [9.17, 15) is 0 Å². The smallest absolute Gasteiger partial charge is 0.110 e. The fourth-order valence-electron chi connectivity index (χ4n) is 3.00. The van der Waals surface area contributed by atoms with E-state index in [1.807, 2.05) is 12.3 Å². The third-order valence-corrected chi connectivity index (χ3v) is 4.65. The van der Waals surface area contributed by atoms with Crippen LogP contribution in [0.2, 0.25) is 0 Å². The maximum atomic E-state index is 4.39. The van der Waals surface area contributed by atoms with Gasteiger partial charge in [0.15, 0.2) is 0 Å². The summed E-state index contributed by atoms with van der Waals surface area (Å²) in [5, 5.41) is 0. The molecule has 0 radical (unpaired) electrons. The van der Waals surface area contributed by atoms with Gasteiger partial charge in [-0.05, 0) is 46.9 Å². The van der Waals surface area contributed by atoms with Crippen molar-refractivity contribution >= 4 is 15.9 Å². The number of halogens is 1. The van der Waals surface area contributed by atoms with Gasteiger partial charge in [-0.15, -0.1) is 0 Å². The summed E-state index contributed by atoms with van der Waals surface area (Å²) in [4.78, 5) is 6.97. The Morgan fingerprint density at radius 1 is 1.10 bits per heavy atom. The van der Waals surface area contributed by atoms with Crippen molar-refractivity contribution in [3.05, 3.63) is 64.4 Å². The van der Waals surface area contributed by atoms with Crippen LogP contribution in [0.15, 0.2) is 53.3 Å². The molecule has 3 rings (SSSR count). The van der Waals surface area contributed by atoms with E-state index >= 15 is 0 Å². The first kappa shape index (κ1) is 13.8. The van der Waals surface area contributed by atoms with E-state index in [0.29, 0.717) is 6.04 Å². The maximum absolute atomic E-state index is 4.39. The van der Waals surface area contributed by atoms with Gasteiger partial charge in [0.2, 0.25) is 0 Å². The molecule has 1 aromatic carbocycles. The lowest BCUT2D eigenvalue weighted by molar-refractivity contribution is 0.139. The average Bonchev–Trinajstić information content (AvgIpc) is 2.50. The molecule has 1 aliphatic heterocycles. The van der Waals surface area contributed by atoms with E-state index in [-0.39, 0.29) is 0 Å². The summed E-state index contributed by atoms with van der Waals surface area (Å²) in [7, 11) is 0. The van der Waals surface area contributed by atoms with Gasteiger partial charge in [0.05, 0.1) is 0 Å². The highest BCUT2D eigenvalue weighted by molar-refractivity contribution is 9.10. The summed E-state index contributed by atoms with van der Waals surface area (Å²) < 4.78 is 0.991. The number of hydrogen-bond acceptors (Lipinski definition) is 2. The summed E-state index contributed by atoms with van der Waals surface area (Å²) in [6.45, 7) is 2.19. The number of piperidine rings is 1. The Hall–Kier alpha value is -1.19. The Balaban J connectivity index is 1.83. The van der Waals surface area contributed by atoms with Crippen LogP contribution in [0.25, 0.3) is 0 Å². The summed E-state index contributed by atoms with van der Waals surface area (Å²) in [5.41, 5.74) is 2.71. The second-order valence-corrected chi connectivity index (χ2v) is 6.10. The van der Waals surface area contributed by atoms with Gasteiger partial charge in [0.25, 0.3) is 0 Å². The Bertz CT molecular complexity index is 556. The minimum Gasteiger partial charge on any atom is -0.292 e. The van der Waals surface area contributed by atoms with Crippen LogP contribution in [-0.4, -0.2) is 16.4 Å². The second-order valence-electron chi connectivity index (χ2n) is 5.35. The van der Waals surface area contributed by atoms with Gasteiger partial charge in [-0.1, -0.05) is 42.8 Å². The van der Waals surface area contributed by atoms with Crippen LogP contribution < -0.4 is 0 Å². The number of nitrogens with zero attached hydrogens (tertiary/aromatic N) is 2. The highest BCUT2D eigenvalue weighted by atomic mass is 79.9.